The van der Waals surface area contributed by atoms with Gasteiger partial charge >= 0.3 is 0 Å². The van der Waals surface area contributed by atoms with E-state index in [9.17, 15) is 0 Å². The van der Waals surface area contributed by atoms with E-state index >= 15 is 0 Å². The summed E-state index contributed by atoms with van der Waals surface area (Å²) in [7, 11) is 1.76. The predicted octanol–water partition coefficient (Wildman–Crippen LogP) is 3.74. The van der Waals surface area contributed by atoms with Gasteiger partial charge in [0.1, 0.15) is 0 Å². The lowest BCUT2D eigenvalue weighted by molar-refractivity contribution is 0.785. The molecule has 1 aromatic carbocycles. The average Bonchev–Trinajstić information content (AvgIpc) is 3.01. The number of guanidine groups is 1. The Labute approximate surface area is 169 Å². The first kappa shape index (κ1) is 19.5. The van der Waals surface area contributed by atoms with Gasteiger partial charge in [-0.3, -0.25) is 9.98 Å². The van der Waals surface area contributed by atoms with Crippen LogP contribution in [0.3, 0.4) is 0 Å². The molecule has 0 saturated carbocycles. The van der Waals surface area contributed by atoms with E-state index in [0.29, 0.717) is 6.54 Å². The first-order valence-electron chi connectivity index (χ1n) is 7.86. The Balaban J connectivity index is 0.00000225. The molecule has 2 aromatic heterocycles. The van der Waals surface area contributed by atoms with Gasteiger partial charge in [-0.2, -0.15) is 0 Å². The molecule has 0 bridgehead atoms. The van der Waals surface area contributed by atoms with Crippen molar-refractivity contribution in [1.29, 1.82) is 0 Å². The average molecular weight is 470 g/mol. The van der Waals surface area contributed by atoms with Crippen molar-refractivity contribution in [2.45, 2.75) is 13.0 Å². The number of benzene rings is 1. The Morgan fingerprint density at radius 2 is 2.12 bits per heavy atom. The van der Waals surface area contributed by atoms with Crippen molar-refractivity contribution in [3.63, 3.8) is 0 Å². The summed E-state index contributed by atoms with van der Waals surface area (Å²) in [6, 6.07) is 11.8. The third kappa shape index (κ3) is 5.34. The third-order valence-corrected chi connectivity index (χ3v) is 4.04. The van der Waals surface area contributed by atoms with Gasteiger partial charge in [0.2, 0.25) is 0 Å². The molecule has 0 unspecified atom stereocenters. The largest absolute Gasteiger partial charge is 0.361 e. The maximum Gasteiger partial charge on any atom is 0.191 e. The number of halogens is 2. The first-order valence-corrected chi connectivity index (χ1v) is 8.24. The lowest BCUT2D eigenvalue weighted by atomic mass is 10.1. The zero-order chi connectivity index (χ0) is 16.8. The SMILES string of the molecule is CN=C(NCCc1c[nH]c2ccc(Cl)cc12)NCc1ccccn1.I. The molecule has 0 spiro atoms. The number of nitrogens with one attached hydrogen (secondary N) is 3. The summed E-state index contributed by atoms with van der Waals surface area (Å²) in [6.45, 7) is 1.42. The van der Waals surface area contributed by atoms with Crippen LogP contribution in [-0.2, 0) is 13.0 Å². The molecule has 0 aliphatic carbocycles. The van der Waals surface area contributed by atoms with Crippen LogP contribution in [0.4, 0.5) is 0 Å². The van der Waals surface area contributed by atoms with Gasteiger partial charge in [-0.1, -0.05) is 17.7 Å². The number of rotatable bonds is 5. The van der Waals surface area contributed by atoms with Gasteiger partial charge in [0.05, 0.1) is 12.2 Å². The van der Waals surface area contributed by atoms with Gasteiger partial charge in [0, 0.05) is 41.9 Å². The number of hydrogen-bond acceptors (Lipinski definition) is 2. The zero-order valence-electron chi connectivity index (χ0n) is 13.9. The van der Waals surface area contributed by atoms with Crippen LogP contribution in [0.25, 0.3) is 10.9 Å². The Morgan fingerprint density at radius 3 is 2.88 bits per heavy atom. The van der Waals surface area contributed by atoms with E-state index in [4.69, 9.17) is 11.6 Å². The van der Waals surface area contributed by atoms with Crippen LogP contribution in [0.2, 0.25) is 5.02 Å². The molecule has 3 N–H and O–H groups in total. The first-order chi connectivity index (χ1) is 11.8. The molecule has 0 aliphatic heterocycles. The second-order valence-electron chi connectivity index (χ2n) is 5.43. The molecule has 0 aliphatic rings. The predicted molar refractivity (Wildman–Crippen MR) is 115 cm³/mol. The molecule has 0 saturated heterocycles. The van der Waals surface area contributed by atoms with E-state index in [-0.39, 0.29) is 24.0 Å². The quantitative estimate of drug-likeness (QED) is 0.303. The molecular formula is C18H21ClIN5. The highest BCUT2D eigenvalue weighted by Crippen LogP contribution is 2.22. The van der Waals surface area contributed by atoms with Crippen LogP contribution in [0.15, 0.2) is 53.8 Å². The monoisotopic (exact) mass is 469 g/mol. The Morgan fingerprint density at radius 1 is 1.24 bits per heavy atom. The van der Waals surface area contributed by atoms with Crippen molar-refractivity contribution in [3.8, 4) is 0 Å². The summed E-state index contributed by atoms with van der Waals surface area (Å²) < 4.78 is 0. The highest BCUT2D eigenvalue weighted by Gasteiger charge is 2.05. The molecule has 3 aromatic rings. The van der Waals surface area contributed by atoms with Gasteiger partial charge in [-0.15, -0.1) is 24.0 Å². The maximum absolute atomic E-state index is 6.09. The molecule has 25 heavy (non-hydrogen) atoms. The van der Waals surface area contributed by atoms with E-state index in [0.717, 1.165) is 35.2 Å². The summed E-state index contributed by atoms with van der Waals surface area (Å²) in [5.74, 6) is 0.763. The normalized spacial score (nSPS) is 11.2. The summed E-state index contributed by atoms with van der Waals surface area (Å²) in [4.78, 5) is 11.8. The molecule has 0 fully saturated rings. The van der Waals surface area contributed by atoms with E-state index in [1.807, 2.05) is 42.6 Å². The Hall–Kier alpha value is -1.80. The van der Waals surface area contributed by atoms with Gasteiger partial charge < -0.3 is 15.6 Å². The van der Waals surface area contributed by atoms with Crippen LogP contribution >= 0.6 is 35.6 Å². The van der Waals surface area contributed by atoms with Gasteiger partial charge in [-0.25, -0.2) is 0 Å². The smallest absolute Gasteiger partial charge is 0.191 e. The fourth-order valence-electron chi connectivity index (χ4n) is 2.57. The standard InChI is InChI=1S/C18H20ClN5.HI/c1-20-18(24-12-15-4-2-3-8-21-15)22-9-7-13-11-23-17-6-5-14(19)10-16(13)17;/h2-6,8,10-11,23H,7,9,12H2,1H3,(H2,20,22,24);1H. The van der Waals surface area contributed by atoms with Gasteiger partial charge in [0.15, 0.2) is 5.96 Å². The van der Waals surface area contributed by atoms with Crippen LogP contribution in [0.1, 0.15) is 11.3 Å². The van der Waals surface area contributed by atoms with Crippen LogP contribution in [0, 0.1) is 0 Å². The third-order valence-electron chi connectivity index (χ3n) is 3.80. The number of aromatic nitrogens is 2. The number of pyridine rings is 1. The summed E-state index contributed by atoms with van der Waals surface area (Å²) in [5, 5.41) is 8.50. The van der Waals surface area contributed by atoms with Crippen molar-refractivity contribution >= 4 is 52.4 Å². The maximum atomic E-state index is 6.09. The van der Waals surface area contributed by atoms with E-state index in [1.54, 1.807) is 13.2 Å². The second kappa shape index (κ2) is 9.62. The molecule has 132 valence electrons. The van der Waals surface area contributed by atoms with Gasteiger partial charge in [-0.05, 0) is 42.3 Å². The van der Waals surface area contributed by atoms with Crippen molar-refractivity contribution in [2.75, 3.05) is 13.6 Å². The van der Waals surface area contributed by atoms with Crippen molar-refractivity contribution in [3.05, 3.63) is 65.1 Å². The number of aliphatic imine (C=N–C) groups is 1. The van der Waals surface area contributed by atoms with Crippen molar-refractivity contribution < 1.29 is 0 Å². The van der Waals surface area contributed by atoms with E-state index in [2.05, 4.69) is 25.6 Å². The fraction of sp³-hybridized carbons (Fsp3) is 0.222. The minimum absolute atomic E-state index is 0. The topological polar surface area (TPSA) is 65.1 Å². The number of aromatic amines is 1. The summed E-state index contributed by atoms with van der Waals surface area (Å²) in [5.41, 5.74) is 3.32. The molecular weight excluding hydrogens is 449 g/mol. The molecule has 0 amide bonds. The van der Waals surface area contributed by atoms with Crippen LogP contribution in [0.5, 0.6) is 0 Å². The van der Waals surface area contributed by atoms with E-state index in [1.165, 1.54) is 10.9 Å². The van der Waals surface area contributed by atoms with Crippen molar-refractivity contribution in [2.24, 2.45) is 4.99 Å². The zero-order valence-corrected chi connectivity index (χ0v) is 17.0. The highest BCUT2D eigenvalue weighted by molar-refractivity contribution is 14.0. The molecule has 3 rings (SSSR count). The Bertz CT molecular complexity index is 832. The second-order valence-corrected chi connectivity index (χ2v) is 5.86. The number of fused-ring (bicyclic) bond motifs is 1. The van der Waals surface area contributed by atoms with Crippen molar-refractivity contribution in [1.82, 2.24) is 20.6 Å². The molecule has 2 heterocycles. The van der Waals surface area contributed by atoms with Crippen LogP contribution in [-0.4, -0.2) is 29.5 Å². The van der Waals surface area contributed by atoms with Gasteiger partial charge in [0.25, 0.3) is 0 Å². The molecule has 0 radical (unpaired) electrons. The number of H-pyrrole nitrogens is 1. The summed E-state index contributed by atoms with van der Waals surface area (Å²) in [6.07, 6.45) is 4.70. The lowest BCUT2D eigenvalue weighted by Crippen LogP contribution is -2.38. The lowest BCUT2D eigenvalue weighted by Gasteiger charge is -2.11. The van der Waals surface area contributed by atoms with Crippen LogP contribution < -0.4 is 10.6 Å². The highest BCUT2D eigenvalue weighted by atomic mass is 127. The molecule has 5 nitrogen and oxygen atoms in total. The minimum atomic E-state index is 0. The molecule has 7 heteroatoms. The number of hydrogen-bond donors (Lipinski definition) is 3. The number of nitrogens with zero attached hydrogens (tertiary/aromatic N) is 2. The minimum Gasteiger partial charge on any atom is -0.361 e. The molecule has 0 atom stereocenters. The Kier molecular flexibility index (Phi) is 7.52. The van der Waals surface area contributed by atoms with E-state index < -0.39 is 0 Å². The fourth-order valence-corrected chi connectivity index (χ4v) is 2.74. The summed E-state index contributed by atoms with van der Waals surface area (Å²) >= 11 is 6.09.